The molecule has 1 aromatic carbocycles. The van der Waals surface area contributed by atoms with Gasteiger partial charge >= 0.3 is 0 Å². The SMILES string of the molecule is CC(C)N1CCC[C@H](CN(Cc2cccnc2)C(=O)c2cc(Oc3ccc(F)cc3)ccn2)C1. The number of carbonyl (C=O) groups excluding carboxylic acids is 1. The normalized spacial score (nSPS) is 16.4. The molecule has 7 heteroatoms. The molecule has 1 amide bonds. The first-order chi connectivity index (χ1) is 16.5. The van der Waals surface area contributed by atoms with E-state index in [0.717, 1.165) is 31.5 Å². The second-order valence-electron chi connectivity index (χ2n) is 9.08. The molecule has 0 spiro atoms. The quantitative estimate of drug-likeness (QED) is 0.462. The first-order valence-corrected chi connectivity index (χ1v) is 11.8. The number of hydrogen-bond acceptors (Lipinski definition) is 5. The van der Waals surface area contributed by atoms with Gasteiger partial charge in [-0.2, -0.15) is 0 Å². The molecule has 0 radical (unpaired) electrons. The van der Waals surface area contributed by atoms with Gasteiger partial charge in [0.15, 0.2) is 0 Å². The zero-order valence-corrected chi connectivity index (χ0v) is 19.7. The molecule has 178 valence electrons. The van der Waals surface area contributed by atoms with Crippen LogP contribution in [0.2, 0.25) is 0 Å². The molecule has 0 N–H and O–H groups in total. The third-order valence-corrected chi connectivity index (χ3v) is 6.14. The van der Waals surface area contributed by atoms with Crippen molar-refractivity contribution < 1.29 is 13.9 Å². The minimum atomic E-state index is -0.331. The average Bonchev–Trinajstić information content (AvgIpc) is 2.85. The molecule has 1 aliphatic rings. The largest absolute Gasteiger partial charge is 0.457 e. The highest BCUT2D eigenvalue weighted by Gasteiger charge is 2.27. The Morgan fingerprint density at radius 3 is 2.74 bits per heavy atom. The summed E-state index contributed by atoms with van der Waals surface area (Å²) in [5.74, 6) is 0.900. The molecule has 0 bridgehead atoms. The molecule has 1 aliphatic heterocycles. The summed E-state index contributed by atoms with van der Waals surface area (Å²) >= 11 is 0. The van der Waals surface area contributed by atoms with Gasteiger partial charge in [0.05, 0.1) is 0 Å². The van der Waals surface area contributed by atoms with Crippen molar-refractivity contribution in [1.82, 2.24) is 19.8 Å². The van der Waals surface area contributed by atoms with Crippen LogP contribution in [0.15, 0.2) is 67.1 Å². The number of nitrogens with zero attached hydrogens (tertiary/aromatic N) is 4. The maximum atomic E-state index is 13.6. The molecule has 0 saturated carbocycles. The lowest BCUT2D eigenvalue weighted by atomic mass is 9.96. The number of halogens is 1. The minimum Gasteiger partial charge on any atom is -0.457 e. The van der Waals surface area contributed by atoms with E-state index in [1.54, 1.807) is 42.9 Å². The van der Waals surface area contributed by atoms with E-state index in [4.69, 9.17) is 4.74 Å². The zero-order valence-electron chi connectivity index (χ0n) is 19.7. The van der Waals surface area contributed by atoms with E-state index in [1.165, 1.54) is 12.1 Å². The van der Waals surface area contributed by atoms with Crippen LogP contribution < -0.4 is 4.74 Å². The fraction of sp³-hybridized carbons (Fsp3) is 0.370. The van der Waals surface area contributed by atoms with E-state index in [0.29, 0.717) is 42.2 Å². The molecule has 34 heavy (non-hydrogen) atoms. The molecular weight excluding hydrogens is 431 g/mol. The molecule has 0 aliphatic carbocycles. The standard InChI is InChI=1S/C27H31FN4O2/c1-20(2)31-14-4-6-22(18-31)19-32(17-21-5-3-12-29-16-21)27(33)26-15-25(11-13-30-26)34-24-9-7-23(28)8-10-24/h3,5,7-13,15-16,20,22H,4,6,14,17-19H2,1-2H3/t22-/m0/s1. The zero-order chi connectivity index (χ0) is 23.9. The Morgan fingerprint density at radius 2 is 2.00 bits per heavy atom. The van der Waals surface area contributed by atoms with E-state index >= 15 is 0 Å². The van der Waals surface area contributed by atoms with Crippen molar-refractivity contribution in [3.63, 3.8) is 0 Å². The van der Waals surface area contributed by atoms with Gasteiger partial charge in [0.2, 0.25) is 0 Å². The van der Waals surface area contributed by atoms with Gasteiger partial charge in [0.1, 0.15) is 23.0 Å². The molecular formula is C27H31FN4O2. The number of likely N-dealkylation sites (tertiary alicyclic amines) is 1. The number of hydrogen-bond donors (Lipinski definition) is 0. The molecule has 3 heterocycles. The van der Waals surface area contributed by atoms with Crippen LogP contribution in [0.25, 0.3) is 0 Å². The monoisotopic (exact) mass is 462 g/mol. The summed E-state index contributed by atoms with van der Waals surface area (Å²) < 4.78 is 19.0. The van der Waals surface area contributed by atoms with Crippen LogP contribution in [0.4, 0.5) is 4.39 Å². The van der Waals surface area contributed by atoms with Crippen LogP contribution in [0.5, 0.6) is 11.5 Å². The summed E-state index contributed by atoms with van der Waals surface area (Å²) in [7, 11) is 0. The number of carbonyl (C=O) groups is 1. The lowest BCUT2D eigenvalue weighted by molar-refractivity contribution is 0.0634. The first-order valence-electron chi connectivity index (χ1n) is 11.8. The van der Waals surface area contributed by atoms with Gasteiger partial charge in [-0.25, -0.2) is 4.39 Å². The van der Waals surface area contributed by atoms with Crippen LogP contribution in [0.1, 0.15) is 42.7 Å². The van der Waals surface area contributed by atoms with E-state index in [2.05, 4.69) is 28.7 Å². The van der Waals surface area contributed by atoms with Gasteiger partial charge in [-0.15, -0.1) is 0 Å². The van der Waals surface area contributed by atoms with E-state index in [1.807, 2.05) is 17.0 Å². The van der Waals surface area contributed by atoms with Gasteiger partial charge in [0.25, 0.3) is 5.91 Å². The van der Waals surface area contributed by atoms with Crippen molar-refractivity contribution in [3.05, 3.63) is 84.2 Å². The van der Waals surface area contributed by atoms with Gasteiger partial charge in [-0.05, 0) is 81.1 Å². The van der Waals surface area contributed by atoms with Crippen molar-refractivity contribution in [1.29, 1.82) is 0 Å². The Hall–Kier alpha value is -3.32. The summed E-state index contributed by atoms with van der Waals surface area (Å²) in [6.45, 7) is 7.65. The van der Waals surface area contributed by atoms with Crippen molar-refractivity contribution in [3.8, 4) is 11.5 Å². The van der Waals surface area contributed by atoms with E-state index in [9.17, 15) is 9.18 Å². The van der Waals surface area contributed by atoms with Gasteiger partial charge < -0.3 is 14.5 Å². The third-order valence-electron chi connectivity index (χ3n) is 6.14. The molecule has 0 unspecified atom stereocenters. The summed E-state index contributed by atoms with van der Waals surface area (Å²) in [6, 6.07) is 13.5. The lowest BCUT2D eigenvalue weighted by Crippen LogP contribution is -2.45. The van der Waals surface area contributed by atoms with Gasteiger partial charge in [-0.3, -0.25) is 14.8 Å². The Morgan fingerprint density at radius 1 is 1.18 bits per heavy atom. The third kappa shape index (κ3) is 6.38. The Balaban J connectivity index is 1.53. The molecule has 4 rings (SSSR count). The fourth-order valence-corrected chi connectivity index (χ4v) is 4.35. The van der Waals surface area contributed by atoms with Crippen molar-refractivity contribution in [2.75, 3.05) is 19.6 Å². The predicted octanol–water partition coefficient (Wildman–Crippen LogP) is 5.17. The average molecular weight is 463 g/mol. The molecule has 1 atom stereocenters. The number of piperidine rings is 1. The highest BCUT2D eigenvalue weighted by molar-refractivity contribution is 5.92. The van der Waals surface area contributed by atoms with Crippen LogP contribution in [-0.2, 0) is 6.54 Å². The summed E-state index contributed by atoms with van der Waals surface area (Å²) in [5.41, 5.74) is 1.30. The number of benzene rings is 1. The summed E-state index contributed by atoms with van der Waals surface area (Å²) in [6.07, 6.45) is 7.33. The minimum absolute atomic E-state index is 0.143. The van der Waals surface area contributed by atoms with Crippen LogP contribution in [0, 0.1) is 11.7 Å². The van der Waals surface area contributed by atoms with E-state index in [-0.39, 0.29) is 11.7 Å². The maximum absolute atomic E-state index is 13.6. The molecule has 3 aromatic rings. The number of rotatable bonds is 8. The van der Waals surface area contributed by atoms with Crippen molar-refractivity contribution in [2.24, 2.45) is 5.92 Å². The Labute approximate surface area is 200 Å². The molecule has 1 saturated heterocycles. The highest BCUT2D eigenvalue weighted by atomic mass is 19.1. The molecule has 2 aromatic heterocycles. The number of ether oxygens (including phenoxy) is 1. The van der Waals surface area contributed by atoms with Crippen LogP contribution in [0.3, 0.4) is 0 Å². The van der Waals surface area contributed by atoms with Crippen LogP contribution in [-0.4, -0.2) is 51.4 Å². The predicted molar refractivity (Wildman–Crippen MR) is 129 cm³/mol. The summed E-state index contributed by atoms with van der Waals surface area (Å²) in [5, 5.41) is 0. The highest BCUT2D eigenvalue weighted by Crippen LogP contribution is 2.24. The number of aromatic nitrogens is 2. The molecule has 6 nitrogen and oxygen atoms in total. The second-order valence-corrected chi connectivity index (χ2v) is 9.08. The van der Waals surface area contributed by atoms with Gasteiger partial charge in [0, 0.05) is 50.3 Å². The molecule has 1 fully saturated rings. The Kier molecular flexibility index (Phi) is 7.85. The van der Waals surface area contributed by atoms with Crippen molar-refractivity contribution in [2.45, 2.75) is 39.3 Å². The smallest absolute Gasteiger partial charge is 0.272 e. The van der Waals surface area contributed by atoms with E-state index < -0.39 is 0 Å². The number of pyridine rings is 2. The topological polar surface area (TPSA) is 58.6 Å². The lowest BCUT2D eigenvalue weighted by Gasteiger charge is -2.37. The van der Waals surface area contributed by atoms with Crippen LogP contribution >= 0.6 is 0 Å². The maximum Gasteiger partial charge on any atom is 0.272 e. The second kappa shape index (κ2) is 11.2. The summed E-state index contributed by atoms with van der Waals surface area (Å²) in [4.78, 5) is 26.5. The fourth-order valence-electron chi connectivity index (χ4n) is 4.35. The van der Waals surface area contributed by atoms with Crippen molar-refractivity contribution >= 4 is 5.91 Å². The van der Waals surface area contributed by atoms with Gasteiger partial charge in [-0.1, -0.05) is 6.07 Å². The Bertz CT molecular complexity index is 1080. The number of amides is 1. The first kappa shape index (κ1) is 23.8.